The van der Waals surface area contributed by atoms with Crippen molar-refractivity contribution >= 4 is 5.82 Å². The lowest BCUT2D eigenvalue weighted by molar-refractivity contribution is 0.232. The van der Waals surface area contributed by atoms with Gasteiger partial charge >= 0.3 is 0 Å². The van der Waals surface area contributed by atoms with E-state index in [2.05, 4.69) is 20.9 Å². The van der Waals surface area contributed by atoms with Crippen molar-refractivity contribution < 1.29 is 5.11 Å². The van der Waals surface area contributed by atoms with E-state index >= 15 is 0 Å². The lowest BCUT2D eigenvalue weighted by atomic mass is 10.2. The molecule has 4 nitrogen and oxygen atoms in total. The minimum Gasteiger partial charge on any atom is -0.396 e. The fraction of sp³-hybridized carbons (Fsp3) is 0.615. The number of pyridine rings is 1. The molecule has 17 heavy (non-hydrogen) atoms. The van der Waals surface area contributed by atoms with Gasteiger partial charge in [0.15, 0.2) is 0 Å². The molecule has 0 aromatic carbocycles. The second-order valence-corrected chi connectivity index (χ2v) is 4.45. The Hall–Kier alpha value is -1.13. The van der Waals surface area contributed by atoms with Gasteiger partial charge in [0.1, 0.15) is 5.82 Å². The van der Waals surface area contributed by atoms with Crippen LogP contribution in [0.3, 0.4) is 0 Å². The molecule has 1 N–H and O–H groups in total. The standard InChI is InChI=1S/C13H21N3O/c17-12-4-3-7-15-8-10-16(11-9-15)13-5-1-2-6-14-13/h1-2,5-6,17H,3-4,7-12H2. The van der Waals surface area contributed by atoms with E-state index in [1.54, 1.807) is 0 Å². The minimum absolute atomic E-state index is 0.313. The normalized spacial score (nSPS) is 17.4. The van der Waals surface area contributed by atoms with Crippen molar-refractivity contribution in [1.29, 1.82) is 0 Å². The van der Waals surface area contributed by atoms with E-state index in [9.17, 15) is 0 Å². The molecule has 0 bridgehead atoms. The number of unbranched alkanes of at least 4 members (excludes halogenated alkanes) is 1. The molecule has 1 aromatic heterocycles. The van der Waals surface area contributed by atoms with Crippen molar-refractivity contribution in [3.8, 4) is 0 Å². The Bertz CT molecular complexity index is 310. The van der Waals surface area contributed by atoms with E-state index in [0.717, 1.165) is 51.4 Å². The number of hydrogen-bond donors (Lipinski definition) is 1. The first-order valence-electron chi connectivity index (χ1n) is 6.39. The van der Waals surface area contributed by atoms with Crippen LogP contribution >= 0.6 is 0 Å². The van der Waals surface area contributed by atoms with Gasteiger partial charge in [-0.05, 0) is 31.5 Å². The van der Waals surface area contributed by atoms with Crippen molar-refractivity contribution in [3.63, 3.8) is 0 Å². The van der Waals surface area contributed by atoms with Crippen molar-refractivity contribution in [2.45, 2.75) is 12.8 Å². The van der Waals surface area contributed by atoms with Gasteiger partial charge in [-0.15, -0.1) is 0 Å². The van der Waals surface area contributed by atoms with Gasteiger partial charge in [-0.25, -0.2) is 4.98 Å². The number of rotatable bonds is 5. The van der Waals surface area contributed by atoms with Crippen molar-refractivity contribution in [1.82, 2.24) is 9.88 Å². The maximum Gasteiger partial charge on any atom is 0.128 e. The average molecular weight is 235 g/mol. The molecule has 0 atom stereocenters. The minimum atomic E-state index is 0.313. The van der Waals surface area contributed by atoms with Gasteiger partial charge in [0.2, 0.25) is 0 Å². The van der Waals surface area contributed by atoms with Gasteiger partial charge in [0.25, 0.3) is 0 Å². The zero-order valence-corrected chi connectivity index (χ0v) is 10.3. The van der Waals surface area contributed by atoms with E-state index in [-0.39, 0.29) is 0 Å². The van der Waals surface area contributed by atoms with E-state index in [1.807, 2.05) is 18.3 Å². The van der Waals surface area contributed by atoms with Gasteiger partial charge in [-0.2, -0.15) is 0 Å². The van der Waals surface area contributed by atoms with Crippen molar-refractivity contribution in [3.05, 3.63) is 24.4 Å². The second-order valence-electron chi connectivity index (χ2n) is 4.45. The fourth-order valence-electron chi connectivity index (χ4n) is 2.19. The molecular weight excluding hydrogens is 214 g/mol. The first-order chi connectivity index (χ1) is 8.40. The second kappa shape index (κ2) is 6.57. The zero-order chi connectivity index (χ0) is 11.9. The molecule has 1 aliphatic heterocycles. The Morgan fingerprint density at radius 2 is 1.94 bits per heavy atom. The van der Waals surface area contributed by atoms with Crippen LogP contribution in [0, 0.1) is 0 Å². The molecule has 0 unspecified atom stereocenters. The molecule has 0 saturated carbocycles. The third-order valence-corrected chi connectivity index (χ3v) is 3.23. The lowest BCUT2D eigenvalue weighted by Crippen LogP contribution is -2.46. The SMILES string of the molecule is OCCCCN1CCN(c2ccccn2)CC1. The molecule has 1 aromatic rings. The number of aliphatic hydroxyl groups excluding tert-OH is 1. The fourth-order valence-corrected chi connectivity index (χ4v) is 2.19. The Kier molecular flexibility index (Phi) is 4.76. The predicted molar refractivity (Wildman–Crippen MR) is 69.2 cm³/mol. The van der Waals surface area contributed by atoms with E-state index in [4.69, 9.17) is 5.11 Å². The van der Waals surface area contributed by atoms with Crippen LogP contribution in [0.5, 0.6) is 0 Å². The molecule has 94 valence electrons. The first-order valence-corrected chi connectivity index (χ1v) is 6.39. The summed E-state index contributed by atoms with van der Waals surface area (Å²) in [6.45, 7) is 5.72. The van der Waals surface area contributed by atoms with Crippen LogP contribution in [-0.4, -0.2) is 54.3 Å². The summed E-state index contributed by atoms with van der Waals surface area (Å²) in [5.41, 5.74) is 0. The first kappa shape index (κ1) is 12.3. The Labute approximate surface area is 103 Å². The van der Waals surface area contributed by atoms with Gasteiger partial charge in [-0.1, -0.05) is 6.07 Å². The molecule has 1 fully saturated rings. The maximum atomic E-state index is 8.75. The Morgan fingerprint density at radius 1 is 1.12 bits per heavy atom. The number of piperazine rings is 1. The highest BCUT2D eigenvalue weighted by Crippen LogP contribution is 2.12. The smallest absolute Gasteiger partial charge is 0.128 e. The molecule has 4 heteroatoms. The van der Waals surface area contributed by atoms with Crippen LogP contribution in [-0.2, 0) is 0 Å². The lowest BCUT2D eigenvalue weighted by Gasteiger charge is -2.35. The summed E-state index contributed by atoms with van der Waals surface area (Å²) < 4.78 is 0. The van der Waals surface area contributed by atoms with Gasteiger partial charge in [-0.3, -0.25) is 4.90 Å². The van der Waals surface area contributed by atoms with Crippen LogP contribution in [0.15, 0.2) is 24.4 Å². The predicted octanol–water partition coefficient (Wildman–Crippen LogP) is 0.976. The van der Waals surface area contributed by atoms with Gasteiger partial charge in [0.05, 0.1) is 0 Å². The monoisotopic (exact) mass is 235 g/mol. The summed E-state index contributed by atoms with van der Waals surface area (Å²) in [6.07, 6.45) is 3.86. The highest BCUT2D eigenvalue weighted by molar-refractivity contribution is 5.38. The zero-order valence-electron chi connectivity index (χ0n) is 10.3. The van der Waals surface area contributed by atoms with Crippen molar-refractivity contribution in [2.24, 2.45) is 0 Å². The number of aromatic nitrogens is 1. The quantitative estimate of drug-likeness (QED) is 0.772. The van der Waals surface area contributed by atoms with E-state index in [0.29, 0.717) is 6.61 Å². The summed E-state index contributed by atoms with van der Waals surface area (Å²) in [7, 11) is 0. The third kappa shape index (κ3) is 3.68. The number of anilines is 1. The molecular formula is C13H21N3O. The van der Waals surface area contributed by atoms with Crippen LogP contribution in [0.25, 0.3) is 0 Å². The topological polar surface area (TPSA) is 39.6 Å². The largest absolute Gasteiger partial charge is 0.396 e. The highest BCUT2D eigenvalue weighted by atomic mass is 16.2. The summed E-state index contributed by atoms with van der Waals surface area (Å²) in [4.78, 5) is 9.18. The van der Waals surface area contributed by atoms with Crippen LogP contribution in [0.1, 0.15) is 12.8 Å². The van der Waals surface area contributed by atoms with Crippen LogP contribution in [0.4, 0.5) is 5.82 Å². The molecule has 2 rings (SSSR count). The Morgan fingerprint density at radius 3 is 2.59 bits per heavy atom. The molecule has 0 aliphatic carbocycles. The molecule has 2 heterocycles. The number of nitrogens with zero attached hydrogens (tertiary/aromatic N) is 3. The summed E-state index contributed by atoms with van der Waals surface area (Å²) in [6, 6.07) is 6.06. The molecule has 0 radical (unpaired) electrons. The maximum absolute atomic E-state index is 8.75. The molecule has 0 spiro atoms. The summed E-state index contributed by atoms with van der Waals surface area (Å²) in [5, 5.41) is 8.75. The van der Waals surface area contributed by atoms with Gasteiger partial charge in [0, 0.05) is 39.0 Å². The van der Waals surface area contributed by atoms with E-state index in [1.165, 1.54) is 0 Å². The molecule has 0 amide bonds. The molecule has 1 saturated heterocycles. The highest BCUT2D eigenvalue weighted by Gasteiger charge is 2.16. The van der Waals surface area contributed by atoms with Crippen LogP contribution in [0.2, 0.25) is 0 Å². The average Bonchev–Trinajstić information content (AvgIpc) is 2.41. The number of hydrogen-bond acceptors (Lipinski definition) is 4. The number of aliphatic hydroxyl groups is 1. The molecule has 1 aliphatic rings. The summed E-state index contributed by atoms with van der Waals surface area (Å²) in [5.74, 6) is 1.09. The van der Waals surface area contributed by atoms with Crippen LogP contribution < -0.4 is 4.90 Å². The van der Waals surface area contributed by atoms with Gasteiger partial charge < -0.3 is 10.0 Å². The van der Waals surface area contributed by atoms with Crippen molar-refractivity contribution in [2.75, 3.05) is 44.2 Å². The summed E-state index contributed by atoms with van der Waals surface area (Å²) >= 11 is 0. The Balaban J connectivity index is 1.74. The third-order valence-electron chi connectivity index (χ3n) is 3.23. The van der Waals surface area contributed by atoms with E-state index < -0.39 is 0 Å².